The van der Waals surface area contributed by atoms with Gasteiger partial charge in [0.1, 0.15) is 5.82 Å². The third-order valence-electron chi connectivity index (χ3n) is 2.81. The van der Waals surface area contributed by atoms with Crippen molar-refractivity contribution in [3.63, 3.8) is 0 Å². The summed E-state index contributed by atoms with van der Waals surface area (Å²) < 4.78 is 13.2. The van der Waals surface area contributed by atoms with E-state index in [0.29, 0.717) is 17.8 Å². The van der Waals surface area contributed by atoms with Crippen LogP contribution in [0.3, 0.4) is 0 Å². The third-order valence-corrected chi connectivity index (χ3v) is 2.81. The highest BCUT2D eigenvalue weighted by molar-refractivity contribution is 5.92. The number of aryl methyl sites for hydroxylation is 1. The highest BCUT2D eigenvalue weighted by Gasteiger charge is 2.24. The number of hydrogen-bond donors (Lipinski definition) is 2. The summed E-state index contributed by atoms with van der Waals surface area (Å²) >= 11 is 0. The van der Waals surface area contributed by atoms with Gasteiger partial charge in [0, 0.05) is 24.8 Å². The molecule has 1 saturated heterocycles. The van der Waals surface area contributed by atoms with Crippen molar-refractivity contribution in [3.05, 3.63) is 29.6 Å². The summed E-state index contributed by atoms with van der Waals surface area (Å²) in [5.74, 6) is -0.450. The van der Waals surface area contributed by atoms with Crippen molar-refractivity contribution in [2.45, 2.75) is 13.0 Å². The van der Waals surface area contributed by atoms with Gasteiger partial charge in [-0.25, -0.2) is 4.39 Å². The number of carbonyl (C=O) groups is 1. The second-order valence-corrected chi connectivity index (χ2v) is 4.47. The first-order valence-electron chi connectivity index (χ1n) is 5.58. The number of hydrogen-bond acceptors (Lipinski definition) is 3. The van der Waals surface area contributed by atoms with E-state index in [1.54, 1.807) is 19.1 Å². The number of nitrogens with one attached hydrogen (secondary N) is 1. The largest absolute Gasteiger partial charge is 0.325 e. The molecule has 4 nitrogen and oxygen atoms in total. The fraction of sp³-hybridized carbons (Fsp3) is 0.417. The number of carbonyl (C=O) groups excluding carboxylic acids is 1. The van der Waals surface area contributed by atoms with Crippen LogP contribution in [0.25, 0.3) is 0 Å². The first-order chi connectivity index (χ1) is 8.04. The Morgan fingerprint density at radius 3 is 2.88 bits per heavy atom. The average Bonchev–Trinajstić information content (AvgIpc) is 2.21. The number of rotatable bonds is 3. The zero-order valence-corrected chi connectivity index (χ0v) is 9.74. The highest BCUT2D eigenvalue weighted by Crippen LogP contribution is 2.14. The van der Waals surface area contributed by atoms with E-state index in [1.807, 2.05) is 4.90 Å². The summed E-state index contributed by atoms with van der Waals surface area (Å²) in [6, 6.07) is 4.84. The van der Waals surface area contributed by atoms with Crippen LogP contribution in [0.4, 0.5) is 10.1 Å². The Bertz CT molecular complexity index is 430. The SMILES string of the molecule is Cc1ccc(NC(=O)CN2CC(N)C2)cc1F. The van der Waals surface area contributed by atoms with Crippen molar-refractivity contribution in [2.24, 2.45) is 5.73 Å². The fourth-order valence-electron chi connectivity index (χ4n) is 1.81. The van der Waals surface area contributed by atoms with Gasteiger partial charge in [-0.05, 0) is 24.6 Å². The second-order valence-electron chi connectivity index (χ2n) is 4.47. The van der Waals surface area contributed by atoms with Crippen LogP contribution in [-0.2, 0) is 4.79 Å². The molecule has 1 aliphatic heterocycles. The first-order valence-corrected chi connectivity index (χ1v) is 5.58. The molecule has 17 heavy (non-hydrogen) atoms. The van der Waals surface area contributed by atoms with Crippen molar-refractivity contribution < 1.29 is 9.18 Å². The van der Waals surface area contributed by atoms with Gasteiger partial charge in [0.25, 0.3) is 0 Å². The number of nitrogens with two attached hydrogens (primary N) is 1. The van der Waals surface area contributed by atoms with Crippen LogP contribution >= 0.6 is 0 Å². The van der Waals surface area contributed by atoms with Crippen LogP contribution < -0.4 is 11.1 Å². The van der Waals surface area contributed by atoms with Gasteiger partial charge in [0.15, 0.2) is 0 Å². The molecule has 0 bridgehead atoms. The van der Waals surface area contributed by atoms with Crippen molar-refractivity contribution in [3.8, 4) is 0 Å². The lowest BCUT2D eigenvalue weighted by Crippen LogP contribution is -2.57. The number of halogens is 1. The molecule has 0 saturated carbocycles. The molecular formula is C12H16FN3O. The molecule has 1 aromatic carbocycles. The van der Waals surface area contributed by atoms with Crippen LogP contribution in [-0.4, -0.2) is 36.5 Å². The molecule has 92 valence electrons. The molecule has 3 N–H and O–H groups in total. The molecule has 1 aliphatic rings. The maximum Gasteiger partial charge on any atom is 0.238 e. The minimum Gasteiger partial charge on any atom is -0.325 e. The lowest BCUT2D eigenvalue weighted by molar-refractivity contribution is -0.118. The maximum atomic E-state index is 13.2. The predicted molar refractivity (Wildman–Crippen MR) is 64.2 cm³/mol. The van der Waals surface area contributed by atoms with E-state index < -0.39 is 0 Å². The minimum atomic E-state index is -0.311. The second kappa shape index (κ2) is 4.81. The van der Waals surface area contributed by atoms with E-state index in [1.165, 1.54) is 6.07 Å². The smallest absolute Gasteiger partial charge is 0.238 e. The molecular weight excluding hydrogens is 221 g/mol. The Kier molecular flexibility index (Phi) is 3.40. The van der Waals surface area contributed by atoms with Gasteiger partial charge in [-0.3, -0.25) is 9.69 Å². The quantitative estimate of drug-likeness (QED) is 0.814. The molecule has 5 heteroatoms. The van der Waals surface area contributed by atoms with Crippen LogP contribution in [0.5, 0.6) is 0 Å². The fourth-order valence-corrected chi connectivity index (χ4v) is 1.81. The molecule has 0 atom stereocenters. The van der Waals surface area contributed by atoms with Crippen LogP contribution in [0.1, 0.15) is 5.56 Å². The molecule has 0 aromatic heterocycles. The molecule has 1 fully saturated rings. The summed E-state index contributed by atoms with van der Waals surface area (Å²) in [5, 5.41) is 2.66. The molecule has 1 amide bonds. The summed E-state index contributed by atoms with van der Waals surface area (Å²) in [4.78, 5) is 13.6. The van der Waals surface area contributed by atoms with E-state index in [4.69, 9.17) is 5.73 Å². The lowest BCUT2D eigenvalue weighted by Gasteiger charge is -2.36. The Morgan fingerprint density at radius 2 is 2.29 bits per heavy atom. The van der Waals surface area contributed by atoms with Crippen molar-refractivity contribution in [1.29, 1.82) is 0 Å². The molecule has 0 aliphatic carbocycles. The van der Waals surface area contributed by atoms with Crippen LogP contribution in [0.15, 0.2) is 18.2 Å². The molecule has 0 radical (unpaired) electrons. The minimum absolute atomic E-state index is 0.139. The number of benzene rings is 1. The highest BCUT2D eigenvalue weighted by atomic mass is 19.1. The molecule has 1 aromatic rings. The van der Waals surface area contributed by atoms with Crippen LogP contribution in [0.2, 0.25) is 0 Å². The topological polar surface area (TPSA) is 58.4 Å². The van der Waals surface area contributed by atoms with Gasteiger partial charge in [0.2, 0.25) is 5.91 Å². The van der Waals surface area contributed by atoms with Gasteiger partial charge in [-0.2, -0.15) is 0 Å². The van der Waals surface area contributed by atoms with E-state index in [-0.39, 0.29) is 17.8 Å². The molecule has 2 rings (SSSR count). The van der Waals surface area contributed by atoms with Gasteiger partial charge in [0.05, 0.1) is 6.54 Å². The van der Waals surface area contributed by atoms with Gasteiger partial charge < -0.3 is 11.1 Å². The molecule has 0 unspecified atom stereocenters. The Morgan fingerprint density at radius 1 is 1.59 bits per heavy atom. The van der Waals surface area contributed by atoms with E-state index >= 15 is 0 Å². The van der Waals surface area contributed by atoms with E-state index in [0.717, 1.165) is 13.1 Å². The van der Waals surface area contributed by atoms with Gasteiger partial charge in [-0.15, -0.1) is 0 Å². The molecule has 1 heterocycles. The number of nitrogens with zero attached hydrogens (tertiary/aromatic N) is 1. The van der Waals surface area contributed by atoms with Gasteiger partial charge in [-0.1, -0.05) is 6.07 Å². The average molecular weight is 237 g/mol. The number of anilines is 1. The summed E-state index contributed by atoms with van der Waals surface area (Å²) in [6.07, 6.45) is 0. The van der Waals surface area contributed by atoms with Crippen LogP contribution in [0, 0.1) is 12.7 Å². The van der Waals surface area contributed by atoms with Gasteiger partial charge >= 0.3 is 0 Å². The zero-order valence-electron chi connectivity index (χ0n) is 9.74. The Hall–Kier alpha value is -1.46. The van der Waals surface area contributed by atoms with Crippen molar-refractivity contribution >= 4 is 11.6 Å². The normalized spacial score (nSPS) is 16.6. The number of amides is 1. The first kappa shape index (κ1) is 12.0. The van der Waals surface area contributed by atoms with E-state index in [9.17, 15) is 9.18 Å². The van der Waals surface area contributed by atoms with Crippen molar-refractivity contribution in [2.75, 3.05) is 25.0 Å². The maximum absolute atomic E-state index is 13.2. The zero-order chi connectivity index (χ0) is 12.4. The lowest BCUT2D eigenvalue weighted by atomic mass is 10.1. The van der Waals surface area contributed by atoms with E-state index in [2.05, 4.69) is 5.32 Å². The Labute approximate surface area is 99.6 Å². The summed E-state index contributed by atoms with van der Waals surface area (Å²) in [7, 11) is 0. The third kappa shape index (κ3) is 3.01. The van der Waals surface area contributed by atoms with Crippen molar-refractivity contribution in [1.82, 2.24) is 4.90 Å². The monoisotopic (exact) mass is 237 g/mol. The predicted octanol–water partition coefficient (Wildman–Crippen LogP) is 0.716. The number of likely N-dealkylation sites (tertiary alicyclic amines) is 1. The Balaban J connectivity index is 1.87. The molecule has 0 spiro atoms. The standard InChI is InChI=1S/C12H16FN3O/c1-8-2-3-10(4-11(8)13)15-12(17)7-16-5-9(14)6-16/h2-4,9H,5-7,14H2,1H3,(H,15,17). The summed E-state index contributed by atoms with van der Waals surface area (Å²) in [6.45, 7) is 3.48. The summed E-state index contributed by atoms with van der Waals surface area (Å²) in [5.41, 5.74) is 6.67.